The van der Waals surface area contributed by atoms with Gasteiger partial charge in [0.2, 0.25) is 6.04 Å². The maximum absolute atomic E-state index is 13.6. The lowest BCUT2D eigenvalue weighted by atomic mass is 10.1. The van der Waals surface area contributed by atoms with E-state index in [0.717, 1.165) is 30.9 Å². The lowest BCUT2D eigenvalue weighted by molar-refractivity contribution is -0.137. The number of azo groups is 2. The van der Waals surface area contributed by atoms with Crippen molar-refractivity contribution in [1.82, 2.24) is 0 Å². The number of aliphatic imine (C=N–C) groups is 1. The molecule has 0 bridgehead atoms. The van der Waals surface area contributed by atoms with Gasteiger partial charge in [-0.1, -0.05) is 58.0 Å². The first-order valence-corrected chi connectivity index (χ1v) is 19.4. The summed E-state index contributed by atoms with van der Waals surface area (Å²) in [4.78, 5) is 43.0. The Morgan fingerprint density at radius 1 is 0.742 bits per heavy atom. The summed E-state index contributed by atoms with van der Waals surface area (Å²) in [6.45, 7) is 2.84. The van der Waals surface area contributed by atoms with Crippen molar-refractivity contribution in [3.8, 4) is 11.5 Å². The number of amides is 2. The molecule has 0 aromatic heterocycles. The van der Waals surface area contributed by atoms with Gasteiger partial charge in [0.25, 0.3) is 17.7 Å². The average Bonchev–Trinajstić information content (AvgIpc) is 3.21. The zero-order valence-electron chi connectivity index (χ0n) is 32.1. The third-order valence-corrected chi connectivity index (χ3v) is 9.45. The summed E-state index contributed by atoms with van der Waals surface area (Å²) in [6, 6.07) is 18.5. The topological polar surface area (TPSA) is 165 Å². The van der Waals surface area contributed by atoms with Crippen molar-refractivity contribution in [3.63, 3.8) is 0 Å². The van der Waals surface area contributed by atoms with E-state index in [4.69, 9.17) is 72.2 Å². The fraction of sp³-hybridized carbons (Fsp3) is 0.122. The van der Waals surface area contributed by atoms with E-state index in [-0.39, 0.29) is 60.8 Å². The number of benzene rings is 5. The molecule has 0 heterocycles. The number of rotatable bonds is 15. The van der Waals surface area contributed by atoms with Gasteiger partial charge in [-0.3, -0.25) is 14.4 Å². The molecule has 0 aliphatic carbocycles. The van der Waals surface area contributed by atoms with Crippen LogP contribution >= 0.6 is 58.0 Å². The highest BCUT2D eigenvalue weighted by atomic mass is 35.5. The molecule has 0 fully saturated rings. The van der Waals surface area contributed by atoms with Crippen LogP contribution in [0.3, 0.4) is 0 Å². The first-order valence-electron chi connectivity index (χ1n) is 17.5. The summed E-state index contributed by atoms with van der Waals surface area (Å²) in [5.41, 5.74) is -0.221. The Labute approximate surface area is 376 Å². The van der Waals surface area contributed by atoms with Gasteiger partial charge in [0.05, 0.1) is 44.8 Å². The number of Topliss-reactive ketones (excluding diaryl/α,β-unsaturated/α-hetero) is 1. The van der Waals surface area contributed by atoms with Gasteiger partial charge < -0.3 is 24.8 Å². The summed E-state index contributed by atoms with van der Waals surface area (Å²) in [6.07, 6.45) is -2.63. The molecular formula is C41H29Cl5F3N7O6. The van der Waals surface area contributed by atoms with Crippen LogP contribution < -0.4 is 15.4 Å². The van der Waals surface area contributed by atoms with E-state index in [2.05, 4.69) is 36.1 Å². The van der Waals surface area contributed by atoms with Crippen LogP contribution in [0.2, 0.25) is 25.1 Å². The molecule has 5 aromatic rings. The molecule has 0 saturated heterocycles. The van der Waals surface area contributed by atoms with Crippen molar-refractivity contribution in [1.29, 1.82) is 0 Å². The van der Waals surface area contributed by atoms with Gasteiger partial charge in [0, 0.05) is 15.6 Å². The van der Waals surface area contributed by atoms with E-state index in [1.54, 1.807) is 13.0 Å². The summed E-state index contributed by atoms with van der Waals surface area (Å²) in [7, 11) is 1.31. The van der Waals surface area contributed by atoms with E-state index in [1.165, 1.54) is 80.8 Å². The van der Waals surface area contributed by atoms with Crippen LogP contribution in [0.5, 0.6) is 11.5 Å². The Kier molecular flexibility index (Phi) is 16.0. The van der Waals surface area contributed by atoms with Gasteiger partial charge in [-0.25, -0.2) is 4.99 Å². The van der Waals surface area contributed by atoms with E-state index >= 15 is 0 Å². The molecule has 1 unspecified atom stereocenters. The van der Waals surface area contributed by atoms with Crippen LogP contribution in [0, 0.1) is 6.92 Å². The number of nitrogens with zero attached hydrogens (tertiary/aromatic N) is 5. The number of nitrogens with one attached hydrogen (secondary N) is 2. The molecule has 13 nitrogen and oxygen atoms in total. The van der Waals surface area contributed by atoms with Gasteiger partial charge in [-0.15, -0.1) is 10.2 Å². The van der Waals surface area contributed by atoms with Gasteiger partial charge in [-0.05, 0) is 110 Å². The van der Waals surface area contributed by atoms with E-state index in [9.17, 15) is 27.6 Å². The molecule has 0 spiro atoms. The summed E-state index contributed by atoms with van der Waals surface area (Å²) in [5.74, 6) is -2.28. The second-order valence-corrected chi connectivity index (χ2v) is 14.7. The van der Waals surface area contributed by atoms with Crippen LogP contribution in [0.1, 0.15) is 28.4 Å². The van der Waals surface area contributed by atoms with E-state index < -0.39 is 35.4 Å². The van der Waals surface area contributed by atoms with Gasteiger partial charge in [0.1, 0.15) is 23.4 Å². The third kappa shape index (κ3) is 13.0. The molecule has 62 heavy (non-hydrogen) atoms. The Hall–Kier alpha value is -6.04. The molecular weight excluding hydrogens is 921 g/mol. The highest BCUT2D eigenvalue weighted by Gasteiger charge is 2.32. The molecule has 0 saturated carbocycles. The number of aryl methyl sites for hydroxylation is 1. The van der Waals surface area contributed by atoms with E-state index in [0.29, 0.717) is 21.3 Å². The van der Waals surface area contributed by atoms with E-state index in [1.807, 2.05) is 0 Å². The Balaban J connectivity index is 1.28. The molecule has 0 radical (unpaired) electrons. The number of carbonyl (C=O) groups is 3. The normalized spacial score (nSPS) is 12.5. The van der Waals surface area contributed by atoms with Crippen LogP contribution in [0.4, 0.5) is 41.6 Å². The predicted molar refractivity (Wildman–Crippen MR) is 231 cm³/mol. The maximum Gasteiger partial charge on any atom is 0.416 e. The number of ether oxygens (including phenoxy) is 3. The van der Waals surface area contributed by atoms with Crippen molar-refractivity contribution in [2.75, 3.05) is 17.7 Å². The van der Waals surface area contributed by atoms with Crippen LogP contribution in [-0.2, 0) is 25.2 Å². The minimum atomic E-state index is -4.71. The molecule has 5 rings (SSSR count). The predicted octanol–water partition coefficient (Wildman–Crippen LogP) is 13.9. The molecule has 0 aliphatic heterocycles. The first kappa shape index (κ1) is 47.0. The van der Waals surface area contributed by atoms with Gasteiger partial charge in [0.15, 0.2) is 17.9 Å². The minimum Gasteiger partial charge on any atom is -0.499 e. The highest BCUT2D eigenvalue weighted by molar-refractivity contribution is 6.35. The minimum absolute atomic E-state index is 0.0226. The fourth-order valence-corrected chi connectivity index (χ4v) is 5.78. The number of alkyl halides is 3. The van der Waals surface area contributed by atoms with Crippen molar-refractivity contribution in [2.45, 2.75) is 26.1 Å². The number of anilines is 2. The standard InChI is InChI=1S/C41H29Cl5F3N7O6/c1-21-14-32(51-40(59)38(22(2)57)56-54-34-17-26(43)8-12-29(34)45)30(46)18-31(21)50-20-61-37(19-60-3)55-53-33-15-23(4-11-28(33)44)39(58)52-35-16-24(41(47,48)49)5-13-36(35)62-27-9-6-25(42)7-10-27/h4-20,38H,1-3H3,(H,51,59)(H,52,58)/b37-19-,50-20?,55-53?,56-54?. The number of carbonyl (C=O) groups excluding carboxylic acids is 3. The average molecular weight is 950 g/mol. The lowest BCUT2D eigenvalue weighted by Crippen LogP contribution is -2.32. The highest BCUT2D eigenvalue weighted by Crippen LogP contribution is 2.38. The maximum atomic E-state index is 13.6. The molecule has 2 N–H and O–H groups in total. The van der Waals surface area contributed by atoms with Crippen LogP contribution in [-0.4, -0.2) is 37.1 Å². The van der Waals surface area contributed by atoms with Crippen molar-refractivity contribution in [2.24, 2.45) is 25.4 Å². The summed E-state index contributed by atoms with van der Waals surface area (Å²) in [5, 5.41) is 21.9. The number of hydrogen-bond acceptors (Lipinski definition) is 11. The largest absolute Gasteiger partial charge is 0.499 e. The summed E-state index contributed by atoms with van der Waals surface area (Å²) < 4.78 is 57.1. The number of halogens is 8. The molecule has 320 valence electrons. The number of methoxy groups -OCH3 is 1. The monoisotopic (exact) mass is 947 g/mol. The second-order valence-electron chi connectivity index (χ2n) is 12.6. The molecule has 5 aromatic carbocycles. The van der Waals surface area contributed by atoms with Gasteiger partial charge in [-0.2, -0.15) is 23.4 Å². The first-order chi connectivity index (χ1) is 29.4. The fourth-order valence-electron chi connectivity index (χ4n) is 4.97. The quantitative estimate of drug-likeness (QED) is 0.0349. The smallest absolute Gasteiger partial charge is 0.416 e. The molecule has 21 heteroatoms. The number of hydrogen-bond donors (Lipinski definition) is 2. The Morgan fingerprint density at radius 2 is 1.42 bits per heavy atom. The Morgan fingerprint density at radius 3 is 2.10 bits per heavy atom. The SMILES string of the molecule is CO/C=C(/N=Nc1cc(C(=O)Nc2cc(C(F)(F)F)ccc2Oc2ccc(Cl)cc2)ccc1Cl)OC=Nc1cc(Cl)c(NC(=O)C(N=Nc2cc(Cl)ccc2Cl)C(C)=O)cc1C. The second kappa shape index (κ2) is 21.2. The Bertz CT molecular complexity index is 2630. The van der Waals surface area contributed by atoms with Crippen molar-refractivity contribution >= 4 is 110 Å². The van der Waals surface area contributed by atoms with Crippen molar-refractivity contribution in [3.05, 3.63) is 145 Å². The molecule has 0 aliphatic rings. The molecule has 2 amide bonds. The van der Waals surface area contributed by atoms with Gasteiger partial charge >= 0.3 is 6.18 Å². The van der Waals surface area contributed by atoms with Crippen molar-refractivity contribution < 1.29 is 41.8 Å². The zero-order chi connectivity index (χ0) is 45.1. The van der Waals surface area contributed by atoms with Crippen LogP contribution in [0.15, 0.2) is 129 Å². The summed E-state index contributed by atoms with van der Waals surface area (Å²) >= 11 is 30.8. The number of ketones is 1. The third-order valence-electron chi connectivity index (χ3n) is 8.01. The van der Waals surface area contributed by atoms with Crippen LogP contribution in [0.25, 0.3) is 0 Å². The molecule has 1 atom stereocenters. The lowest BCUT2D eigenvalue weighted by Gasteiger charge is -2.15. The zero-order valence-corrected chi connectivity index (χ0v) is 35.9.